The number of esters is 1. The molecule has 2 atom stereocenters. The van der Waals surface area contributed by atoms with Crippen LogP contribution in [0.5, 0.6) is 0 Å². The van der Waals surface area contributed by atoms with Gasteiger partial charge < -0.3 is 4.74 Å². The highest BCUT2D eigenvalue weighted by Gasteiger charge is 2.29. The predicted molar refractivity (Wildman–Crippen MR) is 52.4 cm³/mol. The van der Waals surface area contributed by atoms with E-state index in [9.17, 15) is 4.79 Å². The number of hydrogen-bond acceptors (Lipinski definition) is 2. The number of carbonyl (C=O) groups is 1. The van der Waals surface area contributed by atoms with Crippen molar-refractivity contribution in [1.82, 2.24) is 0 Å². The van der Waals surface area contributed by atoms with Gasteiger partial charge in [-0.3, -0.25) is 4.79 Å². The van der Waals surface area contributed by atoms with Crippen LogP contribution < -0.4 is 0 Å². The van der Waals surface area contributed by atoms with Crippen LogP contribution in [0.15, 0.2) is 0 Å². The summed E-state index contributed by atoms with van der Waals surface area (Å²) in [5.74, 6) is 0.136. The average Bonchev–Trinajstić information content (AvgIpc) is 2.41. The maximum atomic E-state index is 11.1. The first-order chi connectivity index (χ1) is 6.24. The number of hydrogen-bond donors (Lipinski definition) is 0. The summed E-state index contributed by atoms with van der Waals surface area (Å²) in [6.45, 7) is 4.16. The Kier molecular flexibility index (Phi) is 4.26. The molecule has 0 amide bonds. The molecule has 1 rings (SSSR count). The van der Waals surface area contributed by atoms with E-state index in [0.29, 0.717) is 0 Å². The summed E-state index contributed by atoms with van der Waals surface area (Å²) in [4.78, 5) is 11.1. The van der Waals surface area contributed by atoms with E-state index < -0.39 is 0 Å². The maximum absolute atomic E-state index is 11.1. The number of ether oxygens (including phenoxy) is 1. The highest BCUT2D eigenvalue weighted by molar-refractivity contribution is 5.74. The van der Waals surface area contributed by atoms with Gasteiger partial charge in [-0.05, 0) is 19.3 Å². The molecule has 2 heteroatoms. The second-order valence-corrected chi connectivity index (χ2v) is 4.04. The minimum atomic E-state index is 0.000455. The van der Waals surface area contributed by atoms with Crippen molar-refractivity contribution < 1.29 is 9.53 Å². The van der Waals surface area contributed by atoms with E-state index in [2.05, 4.69) is 6.92 Å². The lowest BCUT2D eigenvalue weighted by atomic mass is 10.0. The van der Waals surface area contributed by atoms with Crippen molar-refractivity contribution in [2.75, 3.05) is 0 Å². The largest absolute Gasteiger partial charge is 0.462 e. The molecular weight excluding hydrogens is 164 g/mol. The zero-order valence-corrected chi connectivity index (χ0v) is 8.71. The van der Waals surface area contributed by atoms with Crippen molar-refractivity contribution in [3.8, 4) is 0 Å². The van der Waals surface area contributed by atoms with Crippen LogP contribution in [0.1, 0.15) is 52.4 Å². The van der Waals surface area contributed by atoms with Crippen LogP contribution >= 0.6 is 0 Å². The summed E-state index contributed by atoms with van der Waals surface area (Å²) in [5, 5.41) is 0. The minimum absolute atomic E-state index is 0.000455. The van der Waals surface area contributed by atoms with Gasteiger partial charge in [0, 0.05) is 0 Å². The van der Waals surface area contributed by atoms with Crippen LogP contribution in [-0.2, 0) is 9.53 Å². The molecule has 0 N–H and O–H groups in total. The molecule has 1 fully saturated rings. The number of cyclic esters (lactones) is 1. The summed E-state index contributed by atoms with van der Waals surface area (Å²) in [5.41, 5.74) is 0. The molecule has 0 spiro atoms. The van der Waals surface area contributed by atoms with Crippen LogP contribution in [0.4, 0.5) is 0 Å². The molecule has 0 aromatic carbocycles. The van der Waals surface area contributed by atoms with Gasteiger partial charge in [0.2, 0.25) is 0 Å². The fourth-order valence-corrected chi connectivity index (χ4v) is 1.79. The van der Waals surface area contributed by atoms with Gasteiger partial charge in [0.05, 0.1) is 5.92 Å². The summed E-state index contributed by atoms with van der Waals surface area (Å²) >= 11 is 0. The molecule has 2 unspecified atom stereocenters. The lowest BCUT2D eigenvalue weighted by molar-refractivity contribution is -0.144. The molecule has 0 aromatic rings. The summed E-state index contributed by atoms with van der Waals surface area (Å²) < 4.78 is 5.21. The van der Waals surface area contributed by atoms with Gasteiger partial charge in [-0.1, -0.05) is 33.1 Å². The molecular formula is C11H20O2. The first-order valence-electron chi connectivity index (χ1n) is 5.44. The van der Waals surface area contributed by atoms with Crippen LogP contribution in [0.3, 0.4) is 0 Å². The topological polar surface area (TPSA) is 26.3 Å². The molecule has 2 nitrogen and oxygen atoms in total. The van der Waals surface area contributed by atoms with E-state index in [1.54, 1.807) is 0 Å². The van der Waals surface area contributed by atoms with Crippen LogP contribution in [0, 0.1) is 5.92 Å². The summed E-state index contributed by atoms with van der Waals surface area (Å²) in [6, 6.07) is 0. The zero-order chi connectivity index (χ0) is 9.68. The van der Waals surface area contributed by atoms with Gasteiger partial charge in [0.25, 0.3) is 0 Å². The SMILES string of the molecule is CCCCCCC1CC(C)C(=O)O1. The Labute approximate surface area is 80.7 Å². The van der Waals surface area contributed by atoms with Crippen molar-refractivity contribution in [3.05, 3.63) is 0 Å². The van der Waals surface area contributed by atoms with E-state index >= 15 is 0 Å². The second-order valence-electron chi connectivity index (χ2n) is 4.04. The third-order valence-corrected chi connectivity index (χ3v) is 2.68. The van der Waals surface area contributed by atoms with E-state index in [-0.39, 0.29) is 18.0 Å². The Hall–Kier alpha value is -0.530. The Morgan fingerprint density at radius 2 is 2.15 bits per heavy atom. The smallest absolute Gasteiger partial charge is 0.309 e. The molecule has 0 bridgehead atoms. The van der Waals surface area contributed by atoms with Crippen molar-refractivity contribution in [3.63, 3.8) is 0 Å². The van der Waals surface area contributed by atoms with E-state index in [4.69, 9.17) is 4.74 Å². The van der Waals surface area contributed by atoms with Crippen molar-refractivity contribution >= 4 is 5.97 Å². The molecule has 1 saturated heterocycles. The third-order valence-electron chi connectivity index (χ3n) is 2.68. The van der Waals surface area contributed by atoms with Gasteiger partial charge >= 0.3 is 5.97 Å². The standard InChI is InChI=1S/C11H20O2/c1-3-4-5-6-7-10-8-9(2)11(12)13-10/h9-10H,3-8H2,1-2H3. The summed E-state index contributed by atoms with van der Waals surface area (Å²) in [7, 11) is 0. The predicted octanol–water partition coefficient (Wildman–Crippen LogP) is 2.91. The van der Waals surface area contributed by atoms with Gasteiger partial charge in [-0.2, -0.15) is 0 Å². The van der Waals surface area contributed by atoms with Crippen molar-refractivity contribution in [2.24, 2.45) is 5.92 Å². The lowest BCUT2D eigenvalue weighted by Gasteiger charge is -2.07. The first kappa shape index (κ1) is 10.6. The molecule has 0 aliphatic carbocycles. The van der Waals surface area contributed by atoms with E-state index in [1.165, 1.54) is 25.7 Å². The molecule has 1 aliphatic heterocycles. The fraction of sp³-hybridized carbons (Fsp3) is 0.909. The quantitative estimate of drug-likeness (QED) is 0.485. The van der Waals surface area contributed by atoms with Gasteiger partial charge in [-0.15, -0.1) is 0 Å². The highest BCUT2D eigenvalue weighted by Crippen LogP contribution is 2.24. The Balaban J connectivity index is 2.07. The molecule has 76 valence electrons. The van der Waals surface area contributed by atoms with Crippen LogP contribution in [-0.4, -0.2) is 12.1 Å². The number of unbranched alkanes of at least 4 members (excludes halogenated alkanes) is 3. The zero-order valence-electron chi connectivity index (χ0n) is 8.71. The molecule has 13 heavy (non-hydrogen) atoms. The van der Waals surface area contributed by atoms with Gasteiger partial charge in [-0.25, -0.2) is 0 Å². The van der Waals surface area contributed by atoms with Gasteiger partial charge in [0.1, 0.15) is 6.10 Å². The Morgan fingerprint density at radius 1 is 1.38 bits per heavy atom. The van der Waals surface area contributed by atoms with Crippen molar-refractivity contribution in [1.29, 1.82) is 0 Å². The fourth-order valence-electron chi connectivity index (χ4n) is 1.79. The molecule has 0 radical (unpaired) electrons. The van der Waals surface area contributed by atoms with Crippen LogP contribution in [0.2, 0.25) is 0 Å². The number of carbonyl (C=O) groups excluding carboxylic acids is 1. The molecule has 1 heterocycles. The first-order valence-corrected chi connectivity index (χ1v) is 5.44. The number of rotatable bonds is 5. The maximum Gasteiger partial charge on any atom is 0.309 e. The molecule has 0 saturated carbocycles. The molecule has 1 aliphatic rings. The molecule has 0 aromatic heterocycles. The Bertz CT molecular complexity index is 165. The van der Waals surface area contributed by atoms with Gasteiger partial charge in [0.15, 0.2) is 0 Å². The minimum Gasteiger partial charge on any atom is -0.462 e. The van der Waals surface area contributed by atoms with Crippen molar-refractivity contribution in [2.45, 2.75) is 58.5 Å². The highest BCUT2D eigenvalue weighted by atomic mass is 16.5. The summed E-state index contributed by atoms with van der Waals surface area (Å²) in [6.07, 6.45) is 7.27. The Morgan fingerprint density at radius 3 is 2.69 bits per heavy atom. The lowest BCUT2D eigenvalue weighted by Crippen LogP contribution is -2.06. The second kappa shape index (κ2) is 5.25. The van der Waals surface area contributed by atoms with E-state index in [0.717, 1.165) is 12.8 Å². The normalized spacial score (nSPS) is 27.7. The third kappa shape index (κ3) is 3.37. The van der Waals surface area contributed by atoms with E-state index in [1.807, 2.05) is 6.92 Å². The monoisotopic (exact) mass is 184 g/mol. The van der Waals surface area contributed by atoms with Crippen LogP contribution in [0.25, 0.3) is 0 Å². The average molecular weight is 184 g/mol.